The molecule has 0 aliphatic rings. The molecular weight excluding hydrogens is 252 g/mol. The van der Waals surface area contributed by atoms with Crippen LogP contribution in [0.1, 0.15) is 5.56 Å². The molecule has 0 unspecified atom stereocenters. The van der Waals surface area contributed by atoms with Crippen molar-refractivity contribution >= 4 is 22.7 Å². The summed E-state index contributed by atoms with van der Waals surface area (Å²) >= 11 is 0. The van der Waals surface area contributed by atoms with Crippen molar-refractivity contribution in [2.45, 2.75) is 6.42 Å². The molecule has 106 valence electrons. The molecule has 20 heavy (non-hydrogen) atoms. The number of anilines is 4. The Labute approximate surface area is 118 Å². The Morgan fingerprint density at radius 1 is 0.850 bits per heavy atom. The normalized spacial score (nSPS) is 10.7. The predicted molar refractivity (Wildman–Crippen MR) is 85.1 cm³/mol. The molecule has 2 aromatic rings. The van der Waals surface area contributed by atoms with Crippen molar-refractivity contribution in [1.82, 2.24) is 0 Å². The molecule has 0 heterocycles. The fourth-order valence-electron chi connectivity index (χ4n) is 2.25. The average Bonchev–Trinajstić information content (AvgIpc) is 2.40. The highest BCUT2D eigenvalue weighted by atomic mass is 16.5. The zero-order valence-electron chi connectivity index (χ0n) is 11.5. The summed E-state index contributed by atoms with van der Waals surface area (Å²) in [5.74, 6) is 0. The van der Waals surface area contributed by atoms with Gasteiger partial charge in [-0.25, -0.2) is 0 Å². The highest BCUT2D eigenvalue weighted by Gasteiger charge is 2.13. The Morgan fingerprint density at radius 2 is 1.55 bits per heavy atom. The standard InChI is InChI=1S/C15H20N4O/c1-20-5-4-11-12(7-10(17)8-15(11)19)13-6-9(16)2-3-14(13)18/h2-3,6-8H,4-5,16-19H2,1H3. The van der Waals surface area contributed by atoms with Gasteiger partial charge in [-0.3, -0.25) is 0 Å². The number of benzene rings is 2. The van der Waals surface area contributed by atoms with E-state index in [0.717, 1.165) is 16.7 Å². The number of hydrogen-bond donors (Lipinski definition) is 4. The van der Waals surface area contributed by atoms with Crippen molar-refractivity contribution in [1.29, 1.82) is 0 Å². The van der Waals surface area contributed by atoms with Crippen molar-refractivity contribution < 1.29 is 4.74 Å². The van der Waals surface area contributed by atoms with Gasteiger partial charge in [0.1, 0.15) is 0 Å². The number of nitrogens with two attached hydrogens (primary N) is 4. The van der Waals surface area contributed by atoms with Crippen molar-refractivity contribution in [3.8, 4) is 11.1 Å². The molecule has 8 N–H and O–H groups in total. The Balaban J connectivity index is 2.62. The van der Waals surface area contributed by atoms with Crippen LogP contribution in [0.2, 0.25) is 0 Å². The predicted octanol–water partition coefficient (Wildman–Crippen LogP) is 1.87. The largest absolute Gasteiger partial charge is 0.399 e. The summed E-state index contributed by atoms with van der Waals surface area (Å²) in [7, 11) is 1.65. The molecule has 0 aliphatic carbocycles. The lowest BCUT2D eigenvalue weighted by Crippen LogP contribution is -2.05. The lowest BCUT2D eigenvalue weighted by Gasteiger charge is -2.16. The van der Waals surface area contributed by atoms with Crippen molar-refractivity contribution in [2.24, 2.45) is 0 Å². The van der Waals surface area contributed by atoms with Crippen LogP contribution in [0.4, 0.5) is 22.7 Å². The minimum absolute atomic E-state index is 0.573. The third-order valence-corrected chi connectivity index (χ3v) is 3.23. The summed E-state index contributed by atoms with van der Waals surface area (Å²) in [5.41, 5.74) is 29.1. The van der Waals surface area contributed by atoms with Crippen LogP contribution in [0.15, 0.2) is 30.3 Å². The zero-order valence-corrected chi connectivity index (χ0v) is 11.5. The van der Waals surface area contributed by atoms with Crippen molar-refractivity contribution in [2.75, 3.05) is 36.7 Å². The molecule has 0 bridgehead atoms. The van der Waals surface area contributed by atoms with Gasteiger partial charge in [0.2, 0.25) is 0 Å². The Bertz CT molecular complexity index is 626. The summed E-state index contributed by atoms with van der Waals surface area (Å²) < 4.78 is 5.13. The van der Waals surface area contributed by atoms with Crippen LogP contribution in [0.3, 0.4) is 0 Å². The lowest BCUT2D eigenvalue weighted by molar-refractivity contribution is 0.202. The molecule has 0 aromatic heterocycles. The van der Waals surface area contributed by atoms with Crippen molar-refractivity contribution in [3.63, 3.8) is 0 Å². The van der Waals surface area contributed by atoms with Gasteiger partial charge in [0, 0.05) is 35.4 Å². The molecule has 0 radical (unpaired) electrons. The molecule has 2 rings (SSSR count). The smallest absolute Gasteiger partial charge is 0.0503 e. The molecule has 5 heteroatoms. The first-order chi connectivity index (χ1) is 9.52. The summed E-state index contributed by atoms with van der Waals surface area (Å²) in [6, 6.07) is 9.00. The van der Waals surface area contributed by atoms with Crippen LogP contribution >= 0.6 is 0 Å². The SMILES string of the molecule is COCCc1c(N)cc(N)cc1-c1cc(N)ccc1N. The van der Waals surface area contributed by atoms with Gasteiger partial charge in [0.05, 0.1) is 6.61 Å². The molecule has 0 fully saturated rings. The molecule has 2 aromatic carbocycles. The third kappa shape index (κ3) is 2.78. The van der Waals surface area contributed by atoms with E-state index in [4.69, 9.17) is 27.7 Å². The van der Waals surface area contributed by atoms with Gasteiger partial charge in [-0.15, -0.1) is 0 Å². The van der Waals surface area contributed by atoms with E-state index in [-0.39, 0.29) is 0 Å². The second-order valence-corrected chi connectivity index (χ2v) is 4.73. The number of hydrogen-bond acceptors (Lipinski definition) is 5. The topological polar surface area (TPSA) is 113 Å². The van der Waals surface area contributed by atoms with Crippen molar-refractivity contribution in [3.05, 3.63) is 35.9 Å². The van der Waals surface area contributed by atoms with Gasteiger partial charge in [-0.2, -0.15) is 0 Å². The second kappa shape index (κ2) is 5.71. The second-order valence-electron chi connectivity index (χ2n) is 4.73. The maximum atomic E-state index is 6.08. The van der Waals surface area contributed by atoms with Crippen LogP contribution in [-0.4, -0.2) is 13.7 Å². The maximum absolute atomic E-state index is 6.08. The summed E-state index contributed by atoms with van der Waals surface area (Å²) in [5, 5.41) is 0. The molecule has 0 saturated heterocycles. The summed E-state index contributed by atoms with van der Waals surface area (Å²) in [4.78, 5) is 0. The molecule has 5 nitrogen and oxygen atoms in total. The summed E-state index contributed by atoms with van der Waals surface area (Å²) in [6.45, 7) is 0.573. The van der Waals surface area contributed by atoms with Crippen LogP contribution in [0, 0.1) is 0 Å². The minimum Gasteiger partial charge on any atom is -0.399 e. The molecular formula is C15H20N4O. The number of ether oxygens (including phenoxy) is 1. The highest BCUT2D eigenvalue weighted by molar-refractivity contribution is 5.85. The number of nitrogen functional groups attached to an aromatic ring is 4. The van der Waals surface area contributed by atoms with Gasteiger partial charge < -0.3 is 27.7 Å². The van der Waals surface area contributed by atoms with Crippen LogP contribution < -0.4 is 22.9 Å². The Morgan fingerprint density at radius 3 is 2.25 bits per heavy atom. The zero-order chi connectivity index (χ0) is 14.7. The molecule has 0 aliphatic heterocycles. The third-order valence-electron chi connectivity index (χ3n) is 3.23. The van der Waals surface area contributed by atoms with Gasteiger partial charge in [-0.05, 0) is 47.9 Å². The summed E-state index contributed by atoms with van der Waals surface area (Å²) in [6.07, 6.45) is 0.687. The fraction of sp³-hybridized carbons (Fsp3) is 0.200. The fourth-order valence-corrected chi connectivity index (χ4v) is 2.25. The first kappa shape index (κ1) is 14.0. The van der Waals surface area contributed by atoms with Crippen LogP contribution in [-0.2, 0) is 11.2 Å². The molecule has 0 atom stereocenters. The lowest BCUT2D eigenvalue weighted by atomic mass is 9.94. The van der Waals surface area contributed by atoms with E-state index >= 15 is 0 Å². The molecule has 0 spiro atoms. The quantitative estimate of drug-likeness (QED) is 0.634. The van der Waals surface area contributed by atoms with E-state index in [1.807, 2.05) is 12.1 Å². The number of rotatable bonds is 4. The first-order valence-electron chi connectivity index (χ1n) is 6.35. The van der Waals surface area contributed by atoms with E-state index in [1.54, 1.807) is 25.3 Å². The average molecular weight is 272 g/mol. The van der Waals surface area contributed by atoms with E-state index < -0.39 is 0 Å². The van der Waals surface area contributed by atoms with Gasteiger partial charge in [0.25, 0.3) is 0 Å². The van der Waals surface area contributed by atoms with Crippen LogP contribution in [0.25, 0.3) is 11.1 Å². The Hall–Kier alpha value is -2.40. The van der Waals surface area contributed by atoms with E-state index in [0.29, 0.717) is 35.8 Å². The minimum atomic E-state index is 0.573. The highest BCUT2D eigenvalue weighted by Crippen LogP contribution is 2.35. The van der Waals surface area contributed by atoms with E-state index in [9.17, 15) is 0 Å². The monoisotopic (exact) mass is 272 g/mol. The van der Waals surface area contributed by atoms with Gasteiger partial charge in [0.15, 0.2) is 0 Å². The first-order valence-corrected chi connectivity index (χ1v) is 6.35. The Kier molecular flexibility index (Phi) is 4.00. The van der Waals surface area contributed by atoms with Crippen LogP contribution in [0.5, 0.6) is 0 Å². The van der Waals surface area contributed by atoms with E-state index in [1.165, 1.54) is 0 Å². The number of methoxy groups -OCH3 is 1. The molecule has 0 amide bonds. The maximum Gasteiger partial charge on any atom is 0.0503 e. The van der Waals surface area contributed by atoms with Gasteiger partial charge in [-0.1, -0.05) is 0 Å². The van der Waals surface area contributed by atoms with Gasteiger partial charge >= 0.3 is 0 Å². The molecule has 0 saturated carbocycles. The van der Waals surface area contributed by atoms with E-state index in [2.05, 4.69) is 0 Å².